The second kappa shape index (κ2) is 6.07. The summed E-state index contributed by atoms with van der Waals surface area (Å²) < 4.78 is 23.3. The number of fused-ring (bicyclic) bond motifs is 1. The van der Waals surface area contributed by atoms with Gasteiger partial charge in [0.25, 0.3) is 5.91 Å². The molecule has 0 spiro atoms. The van der Waals surface area contributed by atoms with Crippen LogP contribution in [0.2, 0.25) is 0 Å². The van der Waals surface area contributed by atoms with Crippen molar-refractivity contribution >= 4 is 37.3 Å². The van der Waals surface area contributed by atoms with Crippen molar-refractivity contribution in [3.63, 3.8) is 0 Å². The van der Waals surface area contributed by atoms with E-state index in [4.69, 9.17) is 0 Å². The van der Waals surface area contributed by atoms with E-state index in [9.17, 15) is 13.2 Å². The summed E-state index contributed by atoms with van der Waals surface area (Å²) in [7, 11) is -1.33. The number of rotatable bonds is 3. The van der Waals surface area contributed by atoms with E-state index < -0.39 is 9.84 Å². The summed E-state index contributed by atoms with van der Waals surface area (Å²) in [6.07, 6.45) is 1.25. The fourth-order valence-electron chi connectivity index (χ4n) is 3.16. The molecule has 24 heavy (non-hydrogen) atoms. The van der Waals surface area contributed by atoms with Gasteiger partial charge in [0.2, 0.25) is 0 Å². The van der Waals surface area contributed by atoms with Crippen LogP contribution in [-0.4, -0.2) is 53.8 Å². The van der Waals surface area contributed by atoms with E-state index in [1.54, 1.807) is 11.9 Å². The zero-order valence-corrected chi connectivity index (χ0v) is 15.9. The molecule has 1 amide bonds. The molecule has 1 atom stereocenters. The third kappa shape index (κ3) is 2.93. The molecule has 0 unspecified atom stereocenters. The van der Waals surface area contributed by atoms with E-state index >= 15 is 0 Å². The van der Waals surface area contributed by atoms with Crippen molar-refractivity contribution in [2.24, 2.45) is 0 Å². The summed E-state index contributed by atoms with van der Waals surface area (Å²) in [4.78, 5) is 24.9. The lowest BCUT2D eigenvalue weighted by Gasteiger charge is -2.23. The topological polar surface area (TPSA) is 80.2 Å². The van der Waals surface area contributed by atoms with Crippen LogP contribution in [0, 0.1) is 13.8 Å². The lowest BCUT2D eigenvalue weighted by atomic mass is 10.1. The van der Waals surface area contributed by atoms with E-state index in [1.807, 2.05) is 20.8 Å². The highest BCUT2D eigenvalue weighted by molar-refractivity contribution is 7.91. The summed E-state index contributed by atoms with van der Waals surface area (Å²) in [6, 6.07) is -0.245. The number of aryl methyl sites for hydroxylation is 3. The van der Waals surface area contributed by atoms with Gasteiger partial charge in [-0.3, -0.25) is 4.79 Å². The van der Waals surface area contributed by atoms with Crippen LogP contribution in [0.1, 0.15) is 40.1 Å². The highest BCUT2D eigenvalue weighted by Crippen LogP contribution is 2.33. The fraction of sp³-hybridized carbons (Fsp3) is 0.562. The van der Waals surface area contributed by atoms with Crippen LogP contribution in [0.5, 0.6) is 0 Å². The Balaban J connectivity index is 1.98. The first-order valence-electron chi connectivity index (χ1n) is 7.97. The molecule has 0 bridgehead atoms. The Kier molecular flexibility index (Phi) is 4.37. The minimum absolute atomic E-state index is 0.0536. The molecule has 3 rings (SSSR count). The third-order valence-corrected chi connectivity index (χ3v) is 7.53. The van der Waals surface area contributed by atoms with E-state index in [0.717, 1.165) is 33.7 Å². The first-order chi connectivity index (χ1) is 11.2. The maximum absolute atomic E-state index is 12.9. The van der Waals surface area contributed by atoms with Crippen LogP contribution in [0.4, 0.5) is 0 Å². The number of hydrogen-bond donors (Lipinski definition) is 0. The van der Waals surface area contributed by atoms with E-state index in [2.05, 4.69) is 9.97 Å². The van der Waals surface area contributed by atoms with Crippen LogP contribution in [0.15, 0.2) is 0 Å². The number of thiophene rings is 1. The first kappa shape index (κ1) is 17.3. The Morgan fingerprint density at radius 1 is 1.33 bits per heavy atom. The summed E-state index contributed by atoms with van der Waals surface area (Å²) >= 11 is 1.37. The summed E-state index contributed by atoms with van der Waals surface area (Å²) in [5.74, 6) is 0.855. The van der Waals surface area contributed by atoms with Crippen LogP contribution in [0.25, 0.3) is 10.2 Å². The number of nitrogens with zero attached hydrogens (tertiary/aromatic N) is 3. The quantitative estimate of drug-likeness (QED) is 0.830. The van der Waals surface area contributed by atoms with Gasteiger partial charge in [0.05, 0.1) is 16.4 Å². The summed E-state index contributed by atoms with van der Waals surface area (Å²) in [5.41, 5.74) is 1.77. The lowest BCUT2D eigenvalue weighted by Crippen LogP contribution is -2.37. The molecule has 0 radical (unpaired) electrons. The monoisotopic (exact) mass is 367 g/mol. The summed E-state index contributed by atoms with van der Waals surface area (Å²) in [5, 5.41) is 0.938. The van der Waals surface area contributed by atoms with E-state index in [-0.39, 0.29) is 23.5 Å². The Bertz CT molecular complexity index is 918. The van der Waals surface area contributed by atoms with Crippen LogP contribution < -0.4 is 0 Å². The molecule has 130 valence electrons. The standard InChI is InChI=1S/C16H21N3O3S2/c1-5-12-17-10(3)13-9(2)14(23-15(13)18-12)16(20)19(4)11-6-7-24(21,22)8-11/h11H,5-8H2,1-4H3/t11-/m1/s1. The molecule has 1 saturated heterocycles. The predicted octanol–water partition coefficient (Wildman–Crippen LogP) is 2.13. The first-order valence-corrected chi connectivity index (χ1v) is 10.6. The van der Waals surface area contributed by atoms with Crippen molar-refractivity contribution < 1.29 is 13.2 Å². The molecule has 3 heterocycles. The largest absolute Gasteiger partial charge is 0.337 e. The van der Waals surface area contributed by atoms with E-state index in [0.29, 0.717) is 11.3 Å². The molecule has 1 aliphatic rings. The molecule has 1 aliphatic heterocycles. The minimum Gasteiger partial charge on any atom is -0.337 e. The molecule has 0 aromatic carbocycles. The second-order valence-electron chi connectivity index (χ2n) is 6.29. The van der Waals surface area contributed by atoms with Crippen molar-refractivity contribution in [3.8, 4) is 0 Å². The van der Waals surface area contributed by atoms with Gasteiger partial charge in [-0.05, 0) is 25.8 Å². The van der Waals surface area contributed by atoms with Crippen molar-refractivity contribution in [1.82, 2.24) is 14.9 Å². The van der Waals surface area contributed by atoms with Crippen LogP contribution >= 0.6 is 11.3 Å². The van der Waals surface area contributed by atoms with E-state index in [1.165, 1.54) is 11.3 Å². The van der Waals surface area contributed by atoms with Gasteiger partial charge in [0.1, 0.15) is 10.7 Å². The Hall–Kier alpha value is -1.54. The highest BCUT2D eigenvalue weighted by atomic mass is 32.2. The average Bonchev–Trinajstić information content (AvgIpc) is 3.05. The van der Waals surface area contributed by atoms with Gasteiger partial charge in [-0.15, -0.1) is 11.3 Å². The molecular formula is C16H21N3O3S2. The van der Waals surface area contributed by atoms with Gasteiger partial charge >= 0.3 is 0 Å². The normalized spacial score (nSPS) is 19.8. The number of hydrogen-bond acceptors (Lipinski definition) is 6. The Morgan fingerprint density at radius 3 is 2.62 bits per heavy atom. The van der Waals surface area contributed by atoms with Crippen LogP contribution in [-0.2, 0) is 16.3 Å². The molecule has 1 fully saturated rings. The SMILES string of the molecule is CCc1nc(C)c2c(C)c(C(=O)N(C)[C@@H]3CCS(=O)(=O)C3)sc2n1. The zero-order valence-electron chi connectivity index (χ0n) is 14.3. The molecule has 6 nitrogen and oxygen atoms in total. The second-order valence-corrected chi connectivity index (χ2v) is 9.52. The number of sulfone groups is 1. The smallest absolute Gasteiger partial charge is 0.264 e. The predicted molar refractivity (Wildman–Crippen MR) is 95.4 cm³/mol. The minimum atomic E-state index is -3.02. The van der Waals surface area contributed by atoms with Gasteiger partial charge in [0.15, 0.2) is 9.84 Å². The van der Waals surface area contributed by atoms with Crippen molar-refractivity contribution in [2.75, 3.05) is 18.6 Å². The van der Waals surface area contributed by atoms with Gasteiger partial charge in [-0.25, -0.2) is 18.4 Å². The van der Waals surface area contributed by atoms with Gasteiger partial charge < -0.3 is 4.90 Å². The van der Waals surface area contributed by atoms with Crippen LogP contribution in [0.3, 0.4) is 0 Å². The van der Waals surface area contributed by atoms with Gasteiger partial charge in [-0.1, -0.05) is 6.92 Å². The van der Waals surface area contributed by atoms with Gasteiger partial charge in [0, 0.05) is 30.6 Å². The molecule has 0 aliphatic carbocycles. The lowest BCUT2D eigenvalue weighted by molar-refractivity contribution is 0.0752. The molecule has 2 aromatic rings. The van der Waals surface area contributed by atoms with Crippen molar-refractivity contribution in [2.45, 2.75) is 39.7 Å². The van der Waals surface area contributed by atoms with Crippen molar-refractivity contribution in [1.29, 1.82) is 0 Å². The average molecular weight is 367 g/mol. The molecule has 8 heteroatoms. The molecule has 2 aromatic heterocycles. The number of amides is 1. The Labute approximate surface area is 145 Å². The summed E-state index contributed by atoms with van der Waals surface area (Å²) in [6.45, 7) is 5.85. The fourth-order valence-corrected chi connectivity index (χ4v) is 6.17. The third-order valence-electron chi connectivity index (χ3n) is 4.60. The molecule has 0 N–H and O–H groups in total. The number of aromatic nitrogens is 2. The maximum Gasteiger partial charge on any atom is 0.264 e. The zero-order chi connectivity index (χ0) is 17.6. The Morgan fingerprint density at radius 2 is 2.04 bits per heavy atom. The number of carbonyl (C=O) groups is 1. The number of carbonyl (C=O) groups excluding carboxylic acids is 1. The van der Waals surface area contributed by atoms with Gasteiger partial charge in [-0.2, -0.15) is 0 Å². The maximum atomic E-state index is 12.9. The molecule has 0 saturated carbocycles. The van der Waals surface area contributed by atoms with Crippen molar-refractivity contribution in [3.05, 3.63) is 22.0 Å². The molecular weight excluding hydrogens is 346 g/mol. The highest BCUT2D eigenvalue weighted by Gasteiger charge is 2.34.